The molecule has 0 amide bonds. The van der Waals surface area contributed by atoms with Gasteiger partial charge in [-0.2, -0.15) is 0 Å². The Morgan fingerprint density at radius 3 is 3.07 bits per heavy atom. The molecule has 0 saturated carbocycles. The number of hydrogen-bond donors (Lipinski definition) is 2. The summed E-state index contributed by atoms with van der Waals surface area (Å²) in [7, 11) is 1.64. The molecule has 1 heterocycles. The summed E-state index contributed by atoms with van der Waals surface area (Å²) < 4.78 is 10.6. The van der Waals surface area contributed by atoms with Gasteiger partial charge in [0.05, 0.1) is 12.7 Å². The van der Waals surface area contributed by atoms with Crippen molar-refractivity contribution in [1.82, 2.24) is 5.32 Å². The minimum atomic E-state index is -0.834. The largest absolute Gasteiger partial charge is 0.480 e. The van der Waals surface area contributed by atoms with E-state index in [0.29, 0.717) is 19.6 Å². The smallest absolute Gasteiger partial charge is 0.320 e. The number of aliphatic carboxylic acids is 1. The predicted octanol–water partition coefficient (Wildman–Crippen LogP) is -0.145. The number of hydrogen-bond acceptors (Lipinski definition) is 4. The van der Waals surface area contributed by atoms with Crippen molar-refractivity contribution in [3.63, 3.8) is 0 Å². The number of rotatable bonds is 6. The van der Waals surface area contributed by atoms with Crippen LogP contribution in [0.2, 0.25) is 0 Å². The molecule has 1 aliphatic heterocycles. The van der Waals surface area contributed by atoms with Gasteiger partial charge in [0.15, 0.2) is 0 Å². The number of nitrogens with one attached hydrogen (secondary N) is 1. The molecule has 0 aliphatic carbocycles. The maximum Gasteiger partial charge on any atom is 0.320 e. The lowest BCUT2D eigenvalue weighted by atomic mass is 10.2. The van der Waals surface area contributed by atoms with Gasteiger partial charge in [-0.05, 0) is 19.9 Å². The summed E-state index contributed by atoms with van der Waals surface area (Å²) >= 11 is 0. The van der Waals surface area contributed by atoms with Crippen LogP contribution in [0.15, 0.2) is 0 Å². The van der Waals surface area contributed by atoms with Crippen LogP contribution in [0.5, 0.6) is 0 Å². The van der Waals surface area contributed by atoms with Crippen LogP contribution in [0.25, 0.3) is 0 Å². The van der Waals surface area contributed by atoms with Crippen molar-refractivity contribution in [2.75, 3.05) is 26.9 Å². The van der Waals surface area contributed by atoms with E-state index in [1.54, 1.807) is 7.05 Å². The summed E-state index contributed by atoms with van der Waals surface area (Å²) in [6, 6.07) is -0.516. The molecule has 0 aromatic carbocycles. The van der Waals surface area contributed by atoms with E-state index < -0.39 is 12.0 Å². The zero-order valence-corrected chi connectivity index (χ0v) is 8.36. The number of carboxylic acid groups (broad SMARTS) is 1. The van der Waals surface area contributed by atoms with Crippen molar-refractivity contribution >= 4 is 5.97 Å². The Hall–Kier alpha value is -0.650. The van der Waals surface area contributed by atoms with E-state index in [-0.39, 0.29) is 6.10 Å². The van der Waals surface area contributed by atoms with Gasteiger partial charge in [-0.15, -0.1) is 0 Å². The Balaban J connectivity index is 2.09. The Bertz CT molecular complexity index is 180. The van der Waals surface area contributed by atoms with Crippen molar-refractivity contribution in [3.05, 3.63) is 0 Å². The van der Waals surface area contributed by atoms with Crippen LogP contribution >= 0.6 is 0 Å². The van der Waals surface area contributed by atoms with Crippen LogP contribution in [0.1, 0.15) is 12.8 Å². The SMILES string of the molecule is CNC(CCOC1CCOC1)C(=O)O. The van der Waals surface area contributed by atoms with Gasteiger partial charge in [-0.3, -0.25) is 4.79 Å². The zero-order chi connectivity index (χ0) is 10.4. The van der Waals surface area contributed by atoms with Gasteiger partial charge in [-0.25, -0.2) is 0 Å². The molecule has 1 aliphatic rings. The highest BCUT2D eigenvalue weighted by molar-refractivity contribution is 5.73. The monoisotopic (exact) mass is 203 g/mol. The molecule has 14 heavy (non-hydrogen) atoms. The minimum Gasteiger partial charge on any atom is -0.480 e. The second-order valence-electron chi connectivity index (χ2n) is 3.32. The first kappa shape index (κ1) is 11.4. The number of carbonyl (C=O) groups is 1. The van der Waals surface area contributed by atoms with Crippen molar-refractivity contribution < 1.29 is 19.4 Å². The highest BCUT2D eigenvalue weighted by atomic mass is 16.5. The third-order valence-corrected chi connectivity index (χ3v) is 2.29. The summed E-state index contributed by atoms with van der Waals surface area (Å²) in [5.74, 6) is -0.834. The highest BCUT2D eigenvalue weighted by Crippen LogP contribution is 2.08. The third kappa shape index (κ3) is 3.61. The molecule has 82 valence electrons. The van der Waals surface area contributed by atoms with Gasteiger partial charge in [-0.1, -0.05) is 0 Å². The van der Waals surface area contributed by atoms with E-state index in [4.69, 9.17) is 14.6 Å². The third-order valence-electron chi connectivity index (χ3n) is 2.29. The molecule has 2 atom stereocenters. The maximum absolute atomic E-state index is 10.6. The van der Waals surface area contributed by atoms with E-state index in [1.165, 1.54) is 0 Å². The van der Waals surface area contributed by atoms with E-state index >= 15 is 0 Å². The minimum absolute atomic E-state index is 0.154. The first-order valence-electron chi connectivity index (χ1n) is 4.83. The summed E-state index contributed by atoms with van der Waals surface area (Å²) in [4.78, 5) is 10.6. The van der Waals surface area contributed by atoms with Crippen LogP contribution in [-0.2, 0) is 14.3 Å². The zero-order valence-electron chi connectivity index (χ0n) is 8.36. The molecular formula is C9H17NO4. The average molecular weight is 203 g/mol. The Morgan fingerprint density at radius 2 is 2.57 bits per heavy atom. The lowest BCUT2D eigenvalue weighted by Crippen LogP contribution is -2.35. The molecule has 0 aromatic rings. The van der Waals surface area contributed by atoms with Crippen LogP contribution < -0.4 is 5.32 Å². The molecular weight excluding hydrogens is 186 g/mol. The number of ether oxygens (including phenoxy) is 2. The molecule has 2 unspecified atom stereocenters. The standard InChI is InChI=1S/C9H17NO4/c1-10-8(9(11)12)3-5-14-7-2-4-13-6-7/h7-8,10H,2-6H2,1H3,(H,11,12). The fraction of sp³-hybridized carbons (Fsp3) is 0.889. The topological polar surface area (TPSA) is 67.8 Å². The van der Waals surface area contributed by atoms with Gasteiger partial charge in [0.1, 0.15) is 6.04 Å². The van der Waals surface area contributed by atoms with Crippen LogP contribution in [0.4, 0.5) is 0 Å². The van der Waals surface area contributed by atoms with E-state index in [1.807, 2.05) is 0 Å². The number of carboxylic acids is 1. The second kappa shape index (κ2) is 5.95. The molecule has 1 saturated heterocycles. The van der Waals surface area contributed by atoms with Gasteiger partial charge >= 0.3 is 5.97 Å². The number of likely N-dealkylation sites (N-methyl/N-ethyl adjacent to an activating group) is 1. The molecule has 1 fully saturated rings. The van der Waals surface area contributed by atoms with E-state index in [0.717, 1.165) is 13.0 Å². The quantitative estimate of drug-likeness (QED) is 0.628. The second-order valence-corrected chi connectivity index (χ2v) is 3.32. The van der Waals surface area contributed by atoms with Crippen molar-refractivity contribution in [1.29, 1.82) is 0 Å². The molecule has 1 rings (SSSR count). The molecule has 0 radical (unpaired) electrons. The van der Waals surface area contributed by atoms with Crippen molar-refractivity contribution in [2.45, 2.75) is 25.0 Å². The summed E-state index contributed by atoms with van der Waals surface area (Å²) in [5.41, 5.74) is 0. The first-order chi connectivity index (χ1) is 6.74. The molecule has 5 nitrogen and oxygen atoms in total. The average Bonchev–Trinajstić information content (AvgIpc) is 2.64. The fourth-order valence-electron chi connectivity index (χ4n) is 1.39. The summed E-state index contributed by atoms with van der Waals surface area (Å²) in [6.45, 7) is 1.85. The highest BCUT2D eigenvalue weighted by Gasteiger charge is 2.18. The normalized spacial score (nSPS) is 23.6. The van der Waals surface area contributed by atoms with Gasteiger partial charge in [0.2, 0.25) is 0 Å². The van der Waals surface area contributed by atoms with Gasteiger partial charge < -0.3 is 19.9 Å². The van der Waals surface area contributed by atoms with Crippen molar-refractivity contribution in [2.24, 2.45) is 0 Å². The molecule has 5 heteroatoms. The predicted molar refractivity (Wildman–Crippen MR) is 50.3 cm³/mol. The van der Waals surface area contributed by atoms with Crippen LogP contribution in [0.3, 0.4) is 0 Å². The lowest BCUT2D eigenvalue weighted by molar-refractivity contribution is -0.140. The Kier molecular flexibility index (Phi) is 4.86. The fourth-order valence-corrected chi connectivity index (χ4v) is 1.39. The van der Waals surface area contributed by atoms with Gasteiger partial charge in [0.25, 0.3) is 0 Å². The van der Waals surface area contributed by atoms with Crippen LogP contribution in [0, 0.1) is 0 Å². The maximum atomic E-state index is 10.6. The first-order valence-corrected chi connectivity index (χ1v) is 4.83. The summed E-state index contributed by atoms with van der Waals surface area (Å²) in [5, 5.41) is 11.4. The Labute approximate surface area is 83.4 Å². The summed E-state index contributed by atoms with van der Waals surface area (Å²) in [6.07, 6.45) is 1.56. The molecule has 0 aromatic heterocycles. The molecule has 0 bridgehead atoms. The van der Waals surface area contributed by atoms with Crippen molar-refractivity contribution in [3.8, 4) is 0 Å². The molecule has 2 N–H and O–H groups in total. The van der Waals surface area contributed by atoms with E-state index in [9.17, 15) is 4.79 Å². The Morgan fingerprint density at radius 1 is 1.79 bits per heavy atom. The molecule has 0 spiro atoms. The van der Waals surface area contributed by atoms with Gasteiger partial charge in [0, 0.05) is 13.2 Å². The van der Waals surface area contributed by atoms with E-state index in [2.05, 4.69) is 5.32 Å². The van der Waals surface area contributed by atoms with Crippen LogP contribution in [-0.4, -0.2) is 50.1 Å². The lowest BCUT2D eigenvalue weighted by Gasteiger charge is -2.13.